The maximum Gasteiger partial charge on any atom is 0.254 e. The smallest absolute Gasteiger partial charge is 0.254 e. The lowest BCUT2D eigenvalue weighted by molar-refractivity contribution is 0.0708. The minimum absolute atomic E-state index is 0.0583. The number of amides is 1. The topological polar surface area (TPSA) is 80.5 Å². The van der Waals surface area contributed by atoms with Gasteiger partial charge in [0.15, 0.2) is 9.84 Å². The first kappa shape index (κ1) is 15.3. The molecule has 1 heterocycles. The quantitative estimate of drug-likeness (QED) is 0.831. The van der Waals surface area contributed by atoms with Crippen molar-refractivity contribution in [3.05, 3.63) is 28.2 Å². The van der Waals surface area contributed by atoms with Crippen molar-refractivity contribution in [2.24, 2.45) is 0 Å². The highest BCUT2D eigenvalue weighted by molar-refractivity contribution is 9.10. The zero-order chi connectivity index (χ0) is 14.9. The molecule has 1 unspecified atom stereocenters. The lowest BCUT2D eigenvalue weighted by Gasteiger charge is -2.27. The van der Waals surface area contributed by atoms with Crippen LogP contribution in [-0.4, -0.2) is 43.3 Å². The molecule has 0 aromatic heterocycles. The highest BCUT2D eigenvalue weighted by atomic mass is 79.9. The van der Waals surface area contributed by atoms with Gasteiger partial charge in [0, 0.05) is 28.3 Å². The molecule has 0 aliphatic carbocycles. The average Bonchev–Trinajstić information content (AvgIpc) is 2.74. The summed E-state index contributed by atoms with van der Waals surface area (Å²) in [5.74, 6) is 0.0607. The van der Waals surface area contributed by atoms with E-state index in [1.54, 1.807) is 23.1 Å². The molecule has 2 rings (SSSR count). The normalized spacial score (nSPS) is 20.8. The van der Waals surface area contributed by atoms with Crippen molar-refractivity contribution in [1.82, 2.24) is 4.90 Å². The van der Waals surface area contributed by atoms with Gasteiger partial charge in [-0.15, -0.1) is 0 Å². The SMILES string of the molecule is CCN(C(=O)c1ccc(N)c(Br)c1)C1CCS(=O)(=O)C1. The Hall–Kier alpha value is -1.08. The van der Waals surface area contributed by atoms with Crippen LogP contribution in [0.25, 0.3) is 0 Å². The molecule has 5 nitrogen and oxygen atoms in total. The number of hydrogen-bond donors (Lipinski definition) is 1. The first-order valence-electron chi connectivity index (χ1n) is 6.40. The van der Waals surface area contributed by atoms with Crippen LogP contribution in [0.4, 0.5) is 5.69 Å². The second-order valence-electron chi connectivity index (χ2n) is 4.88. The predicted molar refractivity (Wildman–Crippen MR) is 82.3 cm³/mol. The van der Waals surface area contributed by atoms with Crippen molar-refractivity contribution >= 4 is 37.4 Å². The van der Waals surface area contributed by atoms with Crippen molar-refractivity contribution in [3.8, 4) is 0 Å². The van der Waals surface area contributed by atoms with Crippen LogP contribution < -0.4 is 5.73 Å². The monoisotopic (exact) mass is 360 g/mol. The van der Waals surface area contributed by atoms with E-state index in [0.717, 1.165) is 0 Å². The van der Waals surface area contributed by atoms with Gasteiger partial charge in [0.25, 0.3) is 5.91 Å². The lowest BCUT2D eigenvalue weighted by Crippen LogP contribution is -2.41. The highest BCUT2D eigenvalue weighted by Crippen LogP contribution is 2.24. The fourth-order valence-corrected chi connectivity index (χ4v) is 4.52. The summed E-state index contributed by atoms with van der Waals surface area (Å²) in [7, 11) is -3.00. The van der Waals surface area contributed by atoms with Crippen LogP contribution in [0.2, 0.25) is 0 Å². The van der Waals surface area contributed by atoms with Crippen LogP contribution in [0.15, 0.2) is 22.7 Å². The second kappa shape index (κ2) is 5.73. The molecule has 1 amide bonds. The third-order valence-electron chi connectivity index (χ3n) is 3.50. The fourth-order valence-electron chi connectivity index (χ4n) is 2.41. The summed E-state index contributed by atoms with van der Waals surface area (Å²) in [6.45, 7) is 2.34. The molecule has 1 saturated heterocycles. The van der Waals surface area contributed by atoms with Crippen LogP contribution in [0, 0.1) is 0 Å². The summed E-state index contributed by atoms with van der Waals surface area (Å²) in [5, 5.41) is 0. The highest BCUT2D eigenvalue weighted by Gasteiger charge is 2.34. The number of rotatable bonds is 3. The number of carbonyl (C=O) groups is 1. The summed E-state index contributed by atoms with van der Waals surface area (Å²) < 4.78 is 23.8. The van der Waals surface area contributed by atoms with E-state index in [-0.39, 0.29) is 23.5 Å². The number of nitrogens with two attached hydrogens (primary N) is 1. The Bertz CT molecular complexity index is 631. The van der Waals surface area contributed by atoms with E-state index in [1.165, 1.54) is 0 Å². The van der Waals surface area contributed by atoms with E-state index >= 15 is 0 Å². The predicted octanol–water partition coefficient (Wildman–Crippen LogP) is 1.68. The second-order valence-corrected chi connectivity index (χ2v) is 7.97. The molecule has 1 aromatic rings. The summed E-state index contributed by atoms with van der Waals surface area (Å²) >= 11 is 3.30. The van der Waals surface area contributed by atoms with Crippen molar-refractivity contribution < 1.29 is 13.2 Å². The molecule has 0 bridgehead atoms. The van der Waals surface area contributed by atoms with Crippen molar-refractivity contribution in [2.45, 2.75) is 19.4 Å². The number of carbonyl (C=O) groups excluding carboxylic acids is 1. The molecule has 0 saturated carbocycles. The fraction of sp³-hybridized carbons (Fsp3) is 0.462. The first-order chi connectivity index (χ1) is 9.34. The van der Waals surface area contributed by atoms with Crippen LogP contribution in [0.1, 0.15) is 23.7 Å². The van der Waals surface area contributed by atoms with Crippen LogP contribution >= 0.6 is 15.9 Å². The average molecular weight is 361 g/mol. The summed E-state index contributed by atoms with van der Waals surface area (Å²) in [4.78, 5) is 14.1. The number of sulfone groups is 1. The minimum Gasteiger partial charge on any atom is -0.398 e. The molecule has 1 aliphatic rings. The zero-order valence-electron chi connectivity index (χ0n) is 11.2. The van der Waals surface area contributed by atoms with Gasteiger partial charge in [-0.25, -0.2) is 8.42 Å². The molecule has 0 radical (unpaired) electrons. The molecule has 1 atom stereocenters. The van der Waals surface area contributed by atoms with Gasteiger partial charge in [-0.05, 0) is 47.5 Å². The minimum atomic E-state index is -3.00. The molecule has 1 aliphatic heterocycles. The number of benzene rings is 1. The zero-order valence-corrected chi connectivity index (χ0v) is 13.6. The number of anilines is 1. The molecule has 1 aromatic carbocycles. The van der Waals surface area contributed by atoms with E-state index in [1.807, 2.05) is 6.92 Å². The third-order valence-corrected chi connectivity index (χ3v) is 5.94. The Morgan fingerprint density at radius 2 is 2.20 bits per heavy atom. The van der Waals surface area contributed by atoms with Crippen molar-refractivity contribution in [1.29, 1.82) is 0 Å². The van der Waals surface area contributed by atoms with Crippen LogP contribution in [-0.2, 0) is 9.84 Å². The van der Waals surface area contributed by atoms with Crippen LogP contribution in [0.5, 0.6) is 0 Å². The van der Waals surface area contributed by atoms with Gasteiger partial charge in [0.05, 0.1) is 11.5 Å². The van der Waals surface area contributed by atoms with Gasteiger partial charge in [0.2, 0.25) is 0 Å². The molecule has 7 heteroatoms. The standard InChI is InChI=1S/C13H17BrN2O3S/c1-2-16(10-5-6-20(18,19)8-10)13(17)9-3-4-12(15)11(14)7-9/h3-4,7,10H,2,5-6,8,15H2,1H3. The molecule has 110 valence electrons. The Morgan fingerprint density at radius 1 is 1.50 bits per heavy atom. The molecule has 0 spiro atoms. The van der Waals surface area contributed by atoms with Crippen LogP contribution in [0.3, 0.4) is 0 Å². The van der Waals surface area contributed by atoms with E-state index in [9.17, 15) is 13.2 Å². The molecule has 20 heavy (non-hydrogen) atoms. The number of nitrogens with zero attached hydrogens (tertiary/aromatic N) is 1. The van der Waals surface area contributed by atoms with Crippen molar-refractivity contribution in [2.75, 3.05) is 23.8 Å². The Balaban J connectivity index is 2.23. The number of nitrogen functional groups attached to an aromatic ring is 1. The summed E-state index contributed by atoms with van der Waals surface area (Å²) in [6, 6.07) is 4.77. The largest absolute Gasteiger partial charge is 0.398 e. The first-order valence-corrected chi connectivity index (χ1v) is 9.02. The van der Waals surface area contributed by atoms with Gasteiger partial charge in [-0.2, -0.15) is 0 Å². The van der Waals surface area contributed by atoms with Gasteiger partial charge in [-0.1, -0.05) is 0 Å². The van der Waals surface area contributed by atoms with Gasteiger partial charge in [-0.3, -0.25) is 4.79 Å². The maximum atomic E-state index is 12.5. The Morgan fingerprint density at radius 3 is 2.70 bits per heavy atom. The lowest BCUT2D eigenvalue weighted by atomic mass is 10.1. The molecular weight excluding hydrogens is 344 g/mol. The van der Waals surface area contributed by atoms with E-state index in [2.05, 4.69) is 15.9 Å². The molecular formula is C13H17BrN2O3S. The third kappa shape index (κ3) is 3.15. The Labute approximate surface area is 127 Å². The van der Waals surface area contributed by atoms with E-state index in [0.29, 0.717) is 28.7 Å². The summed E-state index contributed by atoms with van der Waals surface area (Å²) in [5.41, 5.74) is 6.78. The maximum absolute atomic E-state index is 12.5. The number of hydrogen-bond acceptors (Lipinski definition) is 4. The van der Waals surface area contributed by atoms with Gasteiger partial charge >= 0.3 is 0 Å². The summed E-state index contributed by atoms with van der Waals surface area (Å²) in [6.07, 6.45) is 0.512. The van der Waals surface area contributed by atoms with E-state index in [4.69, 9.17) is 5.73 Å². The Kier molecular flexibility index (Phi) is 4.39. The van der Waals surface area contributed by atoms with Gasteiger partial charge < -0.3 is 10.6 Å². The van der Waals surface area contributed by atoms with E-state index < -0.39 is 9.84 Å². The molecule has 1 fully saturated rings. The number of halogens is 1. The van der Waals surface area contributed by atoms with Crippen molar-refractivity contribution in [3.63, 3.8) is 0 Å². The molecule has 2 N–H and O–H groups in total. The van der Waals surface area contributed by atoms with Gasteiger partial charge in [0.1, 0.15) is 0 Å².